The Morgan fingerprint density at radius 1 is 1.36 bits per heavy atom. The van der Waals surface area contributed by atoms with E-state index in [-0.39, 0.29) is 4.05 Å². The van der Waals surface area contributed by atoms with Crippen molar-refractivity contribution < 1.29 is 0 Å². The standard InChI is InChI=1S/C17H14Cl2IN5/c18-11-4-1-2-6-13(11)24-15(20)7-3-5-12(21)10-8-22-17-16(10)25-14(19)9-23-17/h1-6,8-9,15,21,24H,7H2,(H,22,23)/b5-3-,21-12?. The lowest BCUT2D eigenvalue weighted by atomic mass is 10.1. The molecule has 0 bridgehead atoms. The largest absolute Gasteiger partial charge is 0.372 e. The Balaban J connectivity index is 1.64. The number of fused-ring (bicyclic) bond motifs is 1. The highest BCUT2D eigenvalue weighted by Gasteiger charge is 2.10. The van der Waals surface area contributed by atoms with E-state index in [4.69, 9.17) is 28.6 Å². The van der Waals surface area contributed by atoms with E-state index >= 15 is 0 Å². The average molecular weight is 486 g/mol. The van der Waals surface area contributed by atoms with Gasteiger partial charge in [0.05, 0.1) is 26.7 Å². The number of para-hydroxylation sites is 1. The second-order valence-corrected chi connectivity index (χ2v) is 7.53. The summed E-state index contributed by atoms with van der Waals surface area (Å²) in [6.07, 6.45) is 7.63. The fourth-order valence-electron chi connectivity index (χ4n) is 2.28. The summed E-state index contributed by atoms with van der Waals surface area (Å²) in [4.78, 5) is 11.4. The molecule has 2 aromatic heterocycles. The maximum absolute atomic E-state index is 8.24. The number of nitrogens with one attached hydrogen (secondary N) is 3. The Labute approximate surface area is 168 Å². The number of aromatic nitrogens is 3. The van der Waals surface area contributed by atoms with Crippen molar-refractivity contribution in [2.24, 2.45) is 0 Å². The number of halogens is 3. The van der Waals surface area contributed by atoms with E-state index in [1.165, 1.54) is 6.20 Å². The maximum Gasteiger partial charge on any atom is 0.156 e. The second kappa shape index (κ2) is 8.16. The minimum Gasteiger partial charge on any atom is -0.372 e. The first-order valence-electron chi connectivity index (χ1n) is 7.45. The minimum absolute atomic E-state index is 0.152. The first-order valence-corrected chi connectivity index (χ1v) is 9.45. The van der Waals surface area contributed by atoms with Gasteiger partial charge < -0.3 is 15.7 Å². The number of allylic oxidation sites excluding steroid dienone is 1. The quantitative estimate of drug-likeness (QED) is 0.188. The van der Waals surface area contributed by atoms with Crippen LogP contribution in [-0.2, 0) is 0 Å². The van der Waals surface area contributed by atoms with Gasteiger partial charge in [-0.15, -0.1) is 0 Å². The van der Waals surface area contributed by atoms with Crippen molar-refractivity contribution in [2.75, 3.05) is 5.32 Å². The van der Waals surface area contributed by atoms with Crippen LogP contribution in [0.25, 0.3) is 11.2 Å². The smallest absolute Gasteiger partial charge is 0.156 e. The van der Waals surface area contributed by atoms with Crippen molar-refractivity contribution in [3.05, 3.63) is 64.6 Å². The number of aromatic amines is 1. The first kappa shape index (κ1) is 18.2. The van der Waals surface area contributed by atoms with Crippen LogP contribution in [0.15, 0.2) is 48.8 Å². The SMILES string of the molecule is N=C(/C=C\CC(I)Nc1ccccc1Cl)c1c[nH]c2ncc(Cl)nc12. The number of rotatable bonds is 6. The van der Waals surface area contributed by atoms with Gasteiger partial charge in [0, 0.05) is 11.8 Å². The lowest BCUT2D eigenvalue weighted by Gasteiger charge is -2.12. The zero-order valence-corrected chi connectivity index (χ0v) is 16.6. The molecule has 3 N–H and O–H groups in total. The van der Waals surface area contributed by atoms with Crippen molar-refractivity contribution in [3.8, 4) is 0 Å². The van der Waals surface area contributed by atoms with E-state index in [1.54, 1.807) is 12.3 Å². The third kappa shape index (κ3) is 4.50. The van der Waals surface area contributed by atoms with Gasteiger partial charge in [-0.25, -0.2) is 9.97 Å². The highest BCUT2D eigenvalue weighted by atomic mass is 127. The number of anilines is 1. The number of hydrogen-bond donors (Lipinski definition) is 3. The Kier molecular flexibility index (Phi) is 5.93. The molecule has 3 rings (SSSR count). The van der Waals surface area contributed by atoms with Gasteiger partial charge in [-0.1, -0.05) is 64.0 Å². The molecule has 0 saturated carbocycles. The van der Waals surface area contributed by atoms with E-state index in [1.807, 2.05) is 30.3 Å². The molecule has 5 nitrogen and oxygen atoms in total. The molecule has 0 spiro atoms. The first-order chi connectivity index (χ1) is 12.0. The van der Waals surface area contributed by atoms with E-state index in [0.717, 1.165) is 12.1 Å². The van der Waals surface area contributed by atoms with Gasteiger partial charge in [0.2, 0.25) is 0 Å². The van der Waals surface area contributed by atoms with Crippen molar-refractivity contribution in [1.29, 1.82) is 5.41 Å². The zero-order chi connectivity index (χ0) is 17.8. The minimum atomic E-state index is 0.152. The molecular formula is C17H14Cl2IN5. The molecule has 0 aliphatic rings. The maximum atomic E-state index is 8.24. The topological polar surface area (TPSA) is 77.5 Å². The summed E-state index contributed by atoms with van der Waals surface area (Å²) in [6, 6.07) is 7.62. The summed E-state index contributed by atoms with van der Waals surface area (Å²) in [6.45, 7) is 0. The highest BCUT2D eigenvalue weighted by Crippen LogP contribution is 2.23. The molecule has 1 unspecified atom stereocenters. The number of H-pyrrole nitrogens is 1. The van der Waals surface area contributed by atoms with Crippen LogP contribution in [0.3, 0.4) is 0 Å². The van der Waals surface area contributed by atoms with Gasteiger partial charge in [-0.2, -0.15) is 0 Å². The summed E-state index contributed by atoms with van der Waals surface area (Å²) < 4.78 is 0.152. The molecule has 0 amide bonds. The highest BCUT2D eigenvalue weighted by molar-refractivity contribution is 14.1. The van der Waals surface area contributed by atoms with Crippen LogP contribution in [0, 0.1) is 5.41 Å². The van der Waals surface area contributed by atoms with Gasteiger partial charge in [0.15, 0.2) is 5.65 Å². The summed E-state index contributed by atoms with van der Waals surface area (Å²) in [5.74, 6) is 0. The third-order valence-corrected chi connectivity index (χ3v) is 4.79. The molecule has 3 aromatic rings. The van der Waals surface area contributed by atoms with Crippen LogP contribution in [0.4, 0.5) is 5.69 Å². The van der Waals surface area contributed by atoms with Crippen LogP contribution in [0.1, 0.15) is 12.0 Å². The summed E-state index contributed by atoms with van der Waals surface area (Å²) >= 11 is 14.3. The van der Waals surface area contributed by atoms with E-state index in [9.17, 15) is 0 Å². The number of hydrogen-bond acceptors (Lipinski definition) is 4. The number of alkyl halides is 1. The Hall–Kier alpha value is -1.64. The average Bonchev–Trinajstić information content (AvgIpc) is 3.00. The van der Waals surface area contributed by atoms with E-state index in [0.29, 0.717) is 32.6 Å². The van der Waals surface area contributed by atoms with Crippen LogP contribution in [0.5, 0.6) is 0 Å². The van der Waals surface area contributed by atoms with Gasteiger partial charge >= 0.3 is 0 Å². The third-order valence-electron chi connectivity index (χ3n) is 3.46. The van der Waals surface area contributed by atoms with Crippen molar-refractivity contribution >= 4 is 68.4 Å². The van der Waals surface area contributed by atoms with Crippen LogP contribution >= 0.6 is 45.8 Å². The molecule has 1 atom stereocenters. The molecule has 128 valence electrons. The molecule has 0 radical (unpaired) electrons. The van der Waals surface area contributed by atoms with E-state index < -0.39 is 0 Å². The fourth-order valence-corrected chi connectivity index (χ4v) is 3.23. The molecule has 2 heterocycles. The Morgan fingerprint density at radius 2 is 2.16 bits per heavy atom. The van der Waals surface area contributed by atoms with Crippen LogP contribution in [-0.4, -0.2) is 24.7 Å². The summed E-state index contributed by atoms with van der Waals surface area (Å²) in [5, 5.41) is 12.6. The molecule has 0 aliphatic heterocycles. The second-order valence-electron chi connectivity index (χ2n) is 5.24. The molecule has 25 heavy (non-hydrogen) atoms. The molecule has 0 saturated heterocycles. The summed E-state index contributed by atoms with van der Waals surface area (Å²) in [5.41, 5.74) is 3.13. The van der Waals surface area contributed by atoms with Gasteiger partial charge in [0.1, 0.15) is 10.7 Å². The number of benzene rings is 1. The molecule has 0 aliphatic carbocycles. The molecule has 1 aromatic carbocycles. The predicted molar refractivity (Wildman–Crippen MR) is 112 cm³/mol. The lowest BCUT2D eigenvalue weighted by Crippen LogP contribution is -2.10. The lowest BCUT2D eigenvalue weighted by molar-refractivity contribution is 1.03. The van der Waals surface area contributed by atoms with Crippen molar-refractivity contribution in [2.45, 2.75) is 10.5 Å². The van der Waals surface area contributed by atoms with Gasteiger partial charge in [0.25, 0.3) is 0 Å². The molecule has 8 heteroatoms. The van der Waals surface area contributed by atoms with Gasteiger partial charge in [-0.05, 0) is 24.6 Å². The summed E-state index contributed by atoms with van der Waals surface area (Å²) in [7, 11) is 0. The van der Waals surface area contributed by atoms with E-state index in [2.05, 4.69) is 42.9 Å². The number of nitrogens with zero attached hydrogens (tertiary/aromatic N) is 2. The van der Waals surface area contributed by atoms with Gasteiger partial charge in [-0.3, -0.25) is 0 Å². The van der Waals surface area contributed by atoms with Crippen LogP contribution in [0.2, 0.25) is 10.2 Å². The van der Waals surface area contributed by atoms with Crippen molar-refractivity contribution in [1.82, 2.24) is 15.0 Å². The predicted octanol–water partition coefficient (Wildman–Crippen LogP) is 5.45. The fraction of sp³-hybridized carbons (Fsp3) is 0.118. The van der Waals surface area contributed by atoms with Crippen molar-refractivity contribution in [3.63, 3.8) is 0 Å². The Bertz CT molecular complexity index is 938. The monoisotopic (exact) mass is 485 g/mol. The Morgan fingerprint density at radius 3 is 2.96 bits per heavy atom. The zero-order valence-electron chi connectivity index (χ0n) is 12.9. The normalized spacial score (nSPS) is 12.6. The molecule has 0 fully saturated rings. The molecular weight excluding hydrogens is 472 g/mol. The van der Waals surface area contributed by atoms with Crippen LogP contribution < -0.4 is 5.32 Å².